The predicted octanol–water partition coefficient (Wildman–Crippen LogP) is 2.32. The average molecular weight is 425 g/mol. The van der Waals surface area contributed by atoms with Crippen LogP contribution in [0.25, 0.3) is 0 Å². The standard InChI is InChI=1S/C21H24F3N3OS/c22-21(23,24)17-5-4-6-18(15-17)27-12-10-26(11-13-27)16-20(28)25-9-14-29-19-7-2-1-3-8-19/h1-8,15H,9-14,16H2,(H,25,28)/p+1. The number of halogens is 3. The first kappa shape index (κ1) is 21.5. The van der Waals surface area contributed by atoms with E-state index in [9.17, 15) is 18.0 Å². The third-order valence-corrected chi connectivity index (χ3v) is 5.87. The van der Waals surface area contributed by atoms with Gasteiger partial charge >= 0.3 is 6.18 Å². The maximum absolute atomic E-state index is 12.9. The van der Waals surface area contributed by atoms with Crippen LogP contribution in [0.1, 0.15) is 5.56 Å². The maximum Gasteiger partial charge on any atom is 0.416 e. The van der Waals surface area contributed by atoms with Crippen LogP contribution in [0.3, 0.4) is 0 Å². The first-order valence-corrected chi connectivity index (χ1v) is 10.6. The quantitative estimate of drug-likeness (QED) is 0.529. The lowest BCUT2D eigenvalue weighted by Crippen LogP contribution is -3.16. The van der Waals surface area contributed by atoms with Gasteiger partial charge in [-0.25, -0.2) is 0 Å². The Hall–Kier alpha value is -2.19. The number of benzene rings is 2. The van der Waals surface area contributed by atoms with Crippen molar-refractivity contribution in [1.29, 1.82) is 0 Å². The van der Waals surface area contributed by atoms with Gasteiger partial charge in [-0.1, -0.05) is 24.3 Å². The van der Waals surface area contributed by atoms with Gasteiger partial charge in [-0.2, -0.15) is 13.2 Å². The molecule has 0 bridgehead atoms. The minimum absolute atomic E-state index is 0.0150. The number of nitrogens with one attached hydrogen (secondary N) is 2. The topological polar surface area (TPSA) is 36.8 Å². The Morgan fingerprint density at radius 2 is 1.79 bits per heavy atom. The Bertz CT molecular complexity index is 793. The highest BCUT2D eigenvalue weighted by atomic mass is 32.2. The van der Waals surface area contributed by atoms with Crippen molar-refractivity contribution in [3.8, 4) is 0 Å². The highest BCUT2D eigenvalue weighted by molar-refractivity contribution is 7.99. The minimum atomic E-state index is -4.33. The molecular formula is C21H25F3N3OS+. The first-order chi connectivity index (χ1) is 13.9. The molecule has 1 aliphatic rings. The lowest BCUT2D eigenvalue weighted by Gasteiger charge is -2.33. The van der Waals surface area contributed by atoms with Gasteiger partial charge in [0.2, 0.25) is 0 Å². The van der Waals surface area contributed by atoms with Gasteiger partial charge in [0.05, 0.1) is 31.7 Å². The minimum Gasteiger partial charge on any atom is -0.360 e. The normalized spacial score (nSPS) is 15.3. The number of rotatable bonds is 7. The molecule has 0 unspecified atom stereocenters. The molecule has 0 aromatic heterocycles. The molecule has 1 amide bonds. The zero-order valence-electron chi connectivity index (χ0n) is 16.0. The second-order valence-corrected chi connectivity index (χ2v) is 8.14. The van der Waals surface area contributed by atoms with Crippen molar-refractivity contribution in [2.75, 3.05) is 49.9 Å². The van der Waals surface area contributed by atoms with Crippen LogP contribution in [0, 0.1) is 0 Å². The number of quaternary nitrogens is 1. The molecule has 1 fully saturated rings. The molecule has 2 N–H and O–H groups in total. The van der Waals surface area contributed by atoms with E-state index in [1.165, 1.54) is 17.0 Å². The number of nitrogens with zero attached hydrogens (tertiary/aromatic N) is 1. The molecule has 2 aromatic carbocycles. The summed E-state index contributed by atoms with van der Waals surface area (Å²) in [4.78, 5) is 16.4. The Kier molecular flexibility index (Phi) is 7.44. The summed E-state index contributed by atoms with van der Waals surface area (Å²) in [5.41, 5.74) is -0.0428. The lowest BCUT2D eigenvalue weighted by molar-refractivity contribution is -0.892. The van der Waals surface area contributed by atoms with Crippen molar-refractivity contribution < 1.29 is 22.9 Å². The fourth-order valence-electron chi connectivity index (χ4n) is 3.30. The molecule has 8 heteroatoms. The molecule has 0 spiro atoms. The zero-order valence-corrected chi connectivity index (χ0v) is 16.9. The molecule has 1 aliphatic heterocycles. The third-order valence-electron chi connectivity index (χ3n) is 4.86. The van der Waals surface area contributed by atoms with Crippen molar-refractivity contribution >= 4 is 23.4 Å². The van der Waals surface area contributed by atoms with E-state index < -0.39 is 11.7 Å². The van der Waals surface area contributed by atoms with E-state index in [2.05, 4.69) is 5.32 Å². The molecule has 0 atom stereocenters. The van der Waals surface area contributed by atoms with Crippen LogP contribution >= 0.6 is 11.8 Å². The van der Waals surface area contributed by atoms with E-state index in [1.54, 1.807) is 17.8 Å². The molecule has 3 rings (SSSR count). The number of hydrogen-bond acceptors (Lipinski definition) is 3. The number of carbonyl (C=O) groups is 1. The van der Waals surface area contributed by atoms with Gasteiger partial charge in [0.15, 0.2) is 6.54 Å². The smallest absolute Gasteiger partial charge is 0.360 e. The summed E-state index contributed by atoms with van der Waals surface area (Å²) in [6, 6.07) is 15.5. The van der Waals surface area contributed by atoms with Crippen molar-refractivity contribution in [3.63, 3.8) is 0 Å². The lowest BCUT2D eigenvalue weighted by atomic mass is 10.1. The van der Waals surface area contributed by atoms with E-state index in [-0.39, 0.29) is 5.91 Å². The van der Waals surface area contributed by atoms with Gasteiger partial charge in [-0.3, -0.25) is 4.79 Å². The Morgan fingerprint density at radius 1 is 1.07 bits per heavy atom. The van der Waals surface area contributed by atoms with E-state index >= 15 is 0 Å². The van der Waals surface area contributed by atoms with Crippen LogP contribution in [0.4, 0.5) is 18.9 Å². The SMILES string of the molecule is O=C(C[NH+]1CCN(c2cccc(C(F)(F)F)c2)CC1)NCCSc1ccccc1. The Labute approximate surface area is 173 Å². The molecule has 29 heavy (non-hydrogen) atoms. The van der Waals surface area contributed by atoms with E-state index in [4.69, 9.17) is 0 Å². The monoisotopic (exact) mass is 424 g/mol. The number of hydrogen-bond donors (Lipinski definition) is 2. The molecule has 4 nitrogen and oxygen atoms in total. The number of alkyl halides is 3. The van der Waals surface area contributed by atoms with Crippen LogP contribution in [-0.4, -0.2) is 50.9 Å². The highest BCUT2D eigenvalue weighted by Crippen LogP contribution is 2.31. The zero-order chi connectivity index (χ0) is 20.7. The van der Waals surface area contributed by atoms with Crippen molar-refractivity contribution in [2.45, 2.75) is 11.1 Å². The molecule has 156 valence electrons. The summed E-state index contributed by atoms with van der Waals surface area (Å²) in [6.07, 6.45) is -4.33. The largest absolute Gasteiger partial charge is 0.416 e. The number of anilines is 1. The predicted molar refractivity (Wildman–Crippen MR) is 109 cm³/mol. The van der Waals surface area contributed by atoms with E-state index in [1.807, 2.05) is 35.2 Å². The fraction of sp³-hybridized carbons (Fsp3) is 0.381. The summed E-state index contributed by atoms with van der Waals surface area (Å²) in [7, 11) is 0. The van der Waals surface area contributed by atoms with E-state index in [0.29, 0.717) is 31.9 Å². The van der Waals surface area contributed by atoms with Gasteiger partial charge in [-0.15, -0.1) is 11.8 Å². The summed E-state index contributed by atoms with van der Waals surface area (Å²) < 4.78 is 38.7. The number of thioether (sulfide) groups is 1. The number of piperazine rings is 1. The van der Waals surface area contributed by atoms with Gasteiger partial charge in [-0.05, 0) is 30.3 Å². The average Bonchev–Trinajstić information content (AvgIpc) is 2.72. The van der Waals surface area contributed by atoms with Gasteiger partial charge in [0.25, 0.3) is 5.91 Å². The first-order valence-electron chi connectivity index (χ1n) is 9.62. The van der Waals surface area contributed by atoms with Gasteiger partial charge in [0, 0.05) is 22.9 Å². The molecule has 1 heterocycles. The Balaban J connectivity index is 1.38. The summed E-state index contributed by atoms with van der Waals surface area (Å²) in [5, 5.41) is 2.95. The maximum atomic E-state index is 12.9. The van der Waals surface area contributed by atoms with E-state index in [0.717, 1.165) is 29.8 Å². The Morgan fingerprint density at radius 3 is 2.48 bits per heavy atom. The van der Waals surface area contributed by atoms with Crippen LogP contribution in [-0.2, 0) is 11.0 Å². The van der Waals surface area contributed by atoms with Crippen molar-refractivity contribution in [2.24, 2.45) is 0 Å². The second-order valence-electron chi connectivity index (χ2n) is 6.97. The molecule has 0 aliphatic carbocycles. The third kappa shape index (κ3) is 6.68. The number of carbonyl (C=O) groups excluding carboxylic acids is 1. The summed E-state index contributed by atoms with van der Waals surface area (Å²) >= 11 is 1.70. The molecule has 2 aromatic rings. The van der Waals surface area contributed by atoms with Crippen LogP contribution in [0.15, 0.2) is 59.5 Å². The fourth-order valence-corrected chi connectivity index (χ4v) is 4.09. The van der Waals surface area contributed by atoms with Crippen molar-refractivity contribution in [3.05, 3.63) is 60.2 Å². The highest BCUT2D eigenvalue weighted by Gasteiger charge is 2.31. The van der Waals surface area contributed by atoms with Crippen LogP contribution in [0.5, 0.6) is 0 Å². The number of amides is 1. The molecule has 1 saturated heterocycles. The van der Waals surface area contributed by atoms with Crippen LogP contribution < -0.4 is 15.1 Å². The second kappa shape index (κ2) is 10.0. The summed E-state index contributed by atoms with van der Waals surface area (Å²) in [6.45, 7) is 3.72. The molecule has 0 radical (unpaired) electrons. The van der Waals surface area contributed by atoms with Gasteiger partial charge in [0.1, 0.15) is 0 Å². The molecule has 0 saturated carbocycles. The van der Waals surface area contributed by atoms with Crippen molar-refractivity contribution in [1.82, 2.24) is 5.32 Å². The summed E-state index contributed by atoms with van der Waals surface area (Å²) in [5.74, 6) is 0.829. The molecular weight excluding hydrogens is 399 g/mol. The van der Waals surface area contributed by atoms with Crippen LogP contribution in [0.2, 0.25) is 0 Å². The van der Waals surface area contributed by atoms with Gasteiger partial charge < -0.3 is 15.1 Å².